The number of nitrogens with one attached hydrogen (secondary N) is 1. The van der Waals surface area contributed by atoms with Gasteiger partial charge in [0.05, 0.1) is 15.9 Å². The summed E-state index contributed by atoms with van der Waals surface area (Å²) in [6.45, 7) is 0.226. The third-order valence-electron chi connectivity index (χ3n) is 4.71. The minimum atomic E-state index is -3.55. The van der Waals surface area contributed by atoms with E-state index < -0.39 is 10.0 Å². The SMILES string of the molecule is CN(C)S(=O)(=O)c1ccc2c(c1)nc(CCC(=O)NCc1cc(F)cc(Br)c1)n2C. The smallest absolute Gasteiger partial charge is 0.242 e. The van der Waals surface area contributed by atoms with E-state index in [1.807, 2.05) is 11.6 Å². The van der Waals surface area contributed by atoms with Crippen molar-refractivity contribution < 1.29 is 17.6 Å². The average molecular weight is 497 g/mol. The normalized spacial score (nSPS) is 11.9. The molecule has 0 unspecified atom stereocenters. The molecule has 0 aliphatic rings. The van der Waals surface area contributed by atoms with Crippen LogP contribution in [-0.2, 0) is 34.8 Å². The van der Waals surface area contributed by atoms with Crippen LogP contribution in [0.1, 0.15) is 17.8 Å². The third kappa shape index (κ3) is 4.88. The Bertz CT molecular complexity index is 1190. The summed E-state index contributed by atoms with van der Waals surface area (Å²) in [7, 11) is 1.23. The number of fused-ring (bicyclic) bond motifs is 1. The largest absolute Gasteiger partial charge is 0.352 e. The molecule has 0 saturated carbocycles. The molecule has 10 heteroatoms. The second kappa shape index (κ2) is 8.83. The lowest BCUT2D eigenvalue weighted by Gasteiger charge is -2.10. The van der Waals surface area contributed by atoms with Crippen LogP contribution in [0.5, 0.6) is 0 Å². The van der Waals surface area contributed by atoms with Gasteiger partial charge in [0.2, 0.25) is 15.9 Å². The first-order valence-corrected chi connectivity index (χ1v) is 11.4. The third-order valence-corrected chi connectivity index (χ3v) is 6.98. The van der Waals surface area contributed by atoms with E-state index in [0.29, 0.717) is 27.8 Å². The maximum atomic E-state index is 13.4. The van der Waals surface area contributed by atoms with Crippen molar-refractivity contribution in [3.63, 3.8) is 0 Å². The number of imidazole rings is 1. The van der Waals surface area contributed by atoms with Gasteiger partial charge in [-0.05, 0) is 42.0 Å². The van der Waals surface area contributed by atoms with E-state index in [1.165, 1.54) is 32.3 Å². The van der Waals surface area contributed by atoms with Crippen molar-refractivity contribution in [1.29, 1.82) is 0 Å². The van der Waals surface area contributed by atoms with Gasteiger partial charge in [0, 0.05) is 45.0 Å². The maximum absolute atomic E-state index is 13.4. The molecule has 1 amide bonds. The Hall–Kier alpha value is -2.30. The zero-order chi connectivity index (χ0) is 22.1. The van der Waals surface area contributed by atoms with Crippen molar-refractivity contribution in [3.05, 3.63) is 58.1 Å². The summed E-state index contributed by atoms with van der Waals surface area (Å²) < 4.78 is 41.7. The summed E-state index contributed by atoms with van der Waals surface area (Å²) in [6, 6.07) is 9.27. The van der Waals surface area contributed by atoms with Crippen molar-refractivity contribution in [1.82, 2.24) is 19.2 Å². The Kier molecular flexibility index (Phi) is 6.59. The summed E-state index contributed by atoms with van der Waals surface area (Å²) in [5, 5.41) is 2.77. The molecule has 0 aliphatic carbocycles. The van der Waals surface area contributed by atoms with Crippen LogP contribution in [0.15, 0.2) is 45.8 Å². The van der Waals surface area contributed by atoms with Gasteiger partial charge in [-0.3, -0.25) is 4.79 Å². The van der Waals surface area contributed by atoms with Crippen LogP contribution in [0, 0.1) is 5.82 Å². The number of amides is 1. The van der Waals surface area contributed by atoms with E-state index in [2.05, 4.69) is 26.2 Å². The number of rotatable bonds is 7. The number of aromatic nitrogens is 2. The fourth-order valence-electron chi connectivity index (χ4n) is 3.05. The van der Waals surface area contributed by atoms with Gasteiger partial charge >= 0.3 is 0 Å². The van der Waals surface area contributed by atoms with Crippen molar-refractivity contribution in [2.24, 2.45) is 7.05 Å². The number of benzene rings is 2. The molecule has 0 saturated heterocycles. The van der Waals surface area contributed by atoms with Gasteiger partial charge < -0.3 is 9.88 Å². The van der Waals surface area contributed by atoms with Crippen molar-refractivity contribution >= 4 is 42.9 Å². The van der Waals surface area contributed by atoms with Crippen molar-refractivity contribution in [2.45, 2.75) is 24.3 Å². The minimum absolute atomic E-state index is 0.170. The van der Waals surface area contributed by atoms with Gasteiger partial charge in [-0.2, -0.15) is 0 Å². The number of carbonyl (C=O) groups is 1. The Morgan fingerprint density at radius 3 is 2.63 bits per heavy atom. The molecule has 3 rings (SSSR count). The zero-order valence-corrected chi connectivity index (χ0v) is 19.2. The number of halogens is 2. The fourth-order valence-corrected chi connectivity index (χ4v) is 4.49. The molecule has 0 bridgehead atoms. The van der Waals surface area contributed by atoms with Crippen LogP contribution in [0.2, 0.25) is 0 Å². The van der Waals surface area contributed by atoms with Crippen LogP contribution in [0.4, 0.5) is 4.39 Å². The lowest BCUT2D eigenvalue weighted by Crippen LogP contribution is -2.23. The number of sulfonamides is 1. The molecule has 1 N–H and O–H groups in total. The highest BCUT2D eigenvalue weighted by Crippen LogP contribution is 2.22. The van der Waals surface area contributed by atoms with Crippen LogP contribution in [0.3, 0.4) is 0 Å². The second-order valence-corrected chi connectivity index (χ2v) is 10.1. The highest BCUT2D eigenvalue weighted by atomic mass is 79.9. The Morgan fingerprint density at radius 1 is 1.23 bits per heavy atom. The second-order valence-electron chi connectivity index (χ2n) is 7.08. The quantitative estimate of drug-likeness (QED) is 0.544. The maximum Gasteiger partial charge on any atom is 0.242 e. The summed E-state index contributed by atoms with van der Waals surface area (Å²) in [5.74, 6) is 0.121. The van der Waals surface area contributed by atoms with E-state index in [0.717, 1.165) is 9.82 Å². The topological polar surface area (TPSA) is 84.3 Å². The summed E-state index contributed by atoms with van der Waals surface area (Å²) in [5.41, 5.74) is 2.00. The van der Waals surface area contributed by atoms with Crippen LogP contribution < -0.4 is 5.32 Å². The molecule has 1 heterocycles. The molecule has 0 atom stereocenters. The molecule has 30 heavy (non-hydrogen) atoms. The van der Waals surface area contributed by atoms with Crippen LogP contribution in [-0.4, -0.2) is 42.3 Å². The van der Waals surface area contributed by atoms with E-state index in [4.69, 9.17) is 0 Å². The van der Waals surface area contributed by atoms with E-state index in [-0.39, 0.29) is 29.6 Å². The molecule has 0 fully saturated rings. The van der Waals surface area contributed by atoms with Crippen molar-refractivity contribution in [2.75, 3.05) is 14.1 Å². The number of aryl methyl sites for hydroxylation is 2. The lowest BCUT2D eigenvalue weighted by molar-refractivity contribution is -0.121. The number of hydrogen-bond acceptors (Lipinski definition) is 4. The highest BCUT2D eigenvalue weighted by molar-refractivity contribution is 9.10. The standard InChI is InChI=1S/C20H22BrFN4O3S/c1-25(2)30(28,29)16-4-5-18-17(11-16)24-19(26(18)3)6-7-20(27)23-12-13-8-14(21)10-15(22)9-13/h4-5,8-11H,6-7,12H2,1-3H3,(H,23,27). The summed E-state index contributed by atoms with van der Waals surface area (Å²) >= 11 is 3.23. The molecule has 160 valence electrons. The van der Waals surface area contributed by atoms with Crippen molar-refractivity contribution in [3.8, 4) is 0 Å². The van der Waals surface area contributed by atoms with Gasteiger partial charge in [-0.15, -0.1) is 0 Å². The van der Waals surface area contributed by atoms with E-state index in [1.54, 1.807) is 18.2 Å². The first kappa shape index (κ1) is 22.4. The Labute approximate surface area is 183 Å². The fraction of sp³-hybridized carbons (Fsp3) is 0.300. The average Bonchev–Trinajstić information content (AvgIpc) is 2.99. The molecule has 0 radical (unpaired) electrons. The van der Waals surface area contributed by atoms with Gasteiger partial charge in [-0.1, -0.05) is 15.9 Å². The van der Waals surface area contributed by atoms with Gasteiger partial charge in [0.15, 0.2) is 0 Å². The predicted octanol–water partition coefficient (Wildman–Crippen LogP) is 2.97. The zero-order valence-electron chi connectivity index (χ0n) is 16.8. The first-order chi connectivity index (χ1) is 14.1. The lowest BCUT2D eigenvalue weighted by atomic mass is 10.2. The first-order valence-electron chi connectivity index (χ1n) is 9.17. The molecular weight excluding hydrogens is 475 g/mol. The minimum Gasteiger partial charge on any atom is -0.352 e. The molecule has 0 spiro atoms. The Morgan fingerprint density at radius 2 is 1.97 bits per heavy atom. The Balaban J connectivity index is 1.68. The van der Waals surface area contributed by atoms with Gasteiger partial charge in [-0.25, -0.2) is 22.1 Å². The monoisotopic (exact) mass is 496 g/mol. The van der Waals surface area contributed by atoms with Crippen LogP contribution >= 0.6 is 15.9 Å². The number of hydrogen-bond donors (Lipinski definition) is 1. The van der Waals surface area contributed by atoms with Crippen LogP contribution in [0.25, 0.3) is 11.0 Å². The molecule has 3 aromatic rings. The number of carbonyl (C=O) groups excluding carboxylic acids is 1. The molecule has 7 nitrogen and oxygen atoms in total. The molecule has 2 aromatic carbocycles. The van der Waals surface area contributed by atoms with E-state index in [9.17, 15) is 17.6 Å². The number of nitrogens with zero attached hydrogens (tertiary/aromatic N) is 3. The van der Waals surface area contributed by atoms with E-state index >= 15 is 0 Å². The predicted molar refractivity (Wildman–Crippen MR) is 116 cm³/mol. The summed E-state index contributed by atoms with van der Waals surface area (Å²) in [4.78, 5) is 16.9. The van der Waals surface area contributed by atoms with Gasteiger partial charge in [0.25, 0.3) is 0 Å². The van der Waals surface area contributed by atoms with Gasteiger partial charge in [0.1, 0.15) is 11.6 Å². The summed E-state index contributed by atoms with van der Waals surface area (Å²) in [6.07, 6.45) is 0.593. The molecular formula is C20H22BrFN4O3S. The highest BCUT2D eigenvalue weighted by Gasteiger charge is 2.19. The molecule has 0 aliphatic heterocycles. The molecule has 1 aromatic heterocycles.